The molecule has 3 rings (SSSR count). The standard InChI is InChI=1S/C16H21N3O2.ClH/c17-14-10-19(9-13(14)12-5-2-1-3-6-12)16(21)11-18-8-4-7-15(18)20;/h1-3,5-6,13-14H,4,7-11,17H2;1H/t13-,14+;/m0./s1. The Morgan fingerprint density at radius 3 is 2.59 bits per heavy atom. The fraction of sp³-hybridized carbons (Fsp3) is 0.500. The Labute approximate surface area is 136 Å². The van der Waals surface area contributed by atoms with E-state index in [9.17, 15) is 9.59 Å². The van der Waals surface area contributed by atoms with Crippen LogP contribution in [0.4, 0.5) is 0 Å². The van der Waals surface area contributed by atoms with E-state index >= 15 is 0 Å². The fourth-order valence-corrected chi connectivity index (χ4v) is 3.22. The van der Waals surface area contributed by atoms with Gasteiger partial charge in [-0.05, 0) is 12.0 Å². The third kappa shape index (κ3) is 3.42. The second-order valence-corrected chi connectivity index (χ2v) is 5.90. The zero-order chi connectivity index (χ0) is 14.8. The van der Waals surface area contributed by atoms with Gasteiger partial charge < -0.3 is 15.5 Å². The smallest absolute Gasteiger partial charge is 0.242 e. The molecular weight excluding hydrogens is 302 g/mol. The summed E-state index contributed by atoms with van der Waals surface area (Å²) >= 11 is 0. The number of amides is 2. The molecule has 0 radical (unpaired) electrons. The number of nitrogens with zero attached hydrogens (tertiary/aromatic N) is 2. The van der Waals surface area contributed by atoms with Gasteiger partial charge in [-0.25, -0.2) is 0 Å². The molecule has 2 fully saturated rings. The Bertz CT molecular complexity index is 537. The van der Waals surface area contributed by atoms with E-state index in [1.54, 1.807) is 9.80 Å². The number of nitrogens with two attached hydrogens (primary N) is 1. The summed E-state index contributed by atoms with van der Waals surface area (Å²) in [4.78, 5) is 27.4. The van der Waals surface area contributed by atoms with E-state index in [0.29, 0.717) is 26.1 Å². The predicted octanol–water partition coefficient (Wildman–Crippen LogP) is 0.984. The summed E-state index contributed by atoms with van der Waals surface area (Å²) in [6.45, 7) is 2.12. The molecule has 120 valence electrons. The summed E-state index contributed by atoms with van der Waals surface area (Å²) in [5.41, 5.74) is 7.38. The lowest BCUT2D eigenvalue weighted by atomic mass is 9.95. The van der Waals surface area contributed by atoms with E-state index in [-0.39, 0.29) is 42.7 Å². The number of hydrogen-bond donors (Lipinski definition) is 1. The molecule has 2 heterocycles. The lowest BCUT2D eigenvalue weighted by Crippen LogP contribution is -2.40. The summed E-state index contributed by atoms with van der Waals surface area (Å²) < 4.78 is 0. The third-order valence-corrected chi connectivity index (χ3v) is 4.44. The predicted molar refractivity (Wildman–Crippen MR) is 86.8 cm³/mol. The van der Waals surface area contributed by atoms with Gasteiger partial charge in [0.2, 0.25) is 11.8 Å². The number of benzene rings is 1. The first-order valence-corrected chi connectivity index (χ1v) is 7.51. The molecule has 0 saturated carbocycles. The minimum Gasteiger partial charge on any atom is -0.339 e. The fourth-order valence-electron chi connectivity index (χ4n) is 3.22. The number of rotatable bonds is 3. The molecule has 2 aliphatic heterocycles. The van der Waals surface area contributed by atoms with Crippen molar-refractivity contribution in [1.82, 2.24) is 9.80 Å². The van der Waals surface area contributed by atoms with Crippen molar-refractivity contribution in [2.24, 2.45) is 5.73 Å². The van der Waals surface area contributed by atoms with Crippen LogP contribution in [0.1, 0.15) is 24.3 Å². The summed E-state index contributed by atoms with van der Waals surface area (Å²) in [5.74, 6) is 0.287. The Morgan fingerprint density at radius 2 is 1.95 bits per heavy atom. The van der Waals surface area contributed by atoms with Crippen molar-refractivity contribution in [3.8, 4) is 0 Å². The normalized spacial score (nSPS) is 24.5. The van der Waals surface area contributed by atoms with Gasteiger partial charge in [0.25, 0.3) is 0 Å². The first-order valence-electron chi connectivity index (χ1n) is 7.51. The van der Waals surface area contributed by atoms with Gasteiger partial charge in [-0.15, -0.1) is 12.4 Å². The average Bonchev–Trinajstić information content (AvgIpc) is 3.07. The molecular formula is C16H22ClN3O2. The Kier molecular flexibility index (Phi) is 5.42. The molecule has 22 heavy (non-hydrogen) atoms. The Morgan fingerprint density at radius 1 is 1.23 bits per heavy atom. The minimum atomic E-state index is -0.0365. The molecule has 0 unspecified atom stereocenters. The van der Waals surface area contributed by atoms with Crippen LogP contribution in [0.25, 0.3) is 0 Å². The molecule has 1 aromatic rings. The highest BCUT2D eigenvalue weighted by atomic mass is 35.5. The van der Waals surface area contributed by atoms with E-state index in [2.05, 4.69) is 12.1 Å². The molecule has 2 saturated heterocycles. The molecule has 0 spiro atoms. The SMILES string of the molecule is Cl.N[C@@H]1CN(C(=O)CN2CCCC2=O)C[C@H]1c1ccccc1. The minimum absolute atomic E-state index is 0. The van der Waals surface area contributed by atoms with Crippen LogP contribution in [0.5, 0.6) is 0 Å². The van der Waals surface area contributed by atoms with Crippen molar-refractivity contribution < 1.29 is 9.59 Å². The van der Waals surface area contributed by atoms with Crippen LogP contribution >= 0.6 is 12.4 Å². The van der Waals surface area contributed by atoms with Crippen molar-refractivity contribution >= 4 is 24.2 Å². The van der Waals surface area contributed by atoms with Gasteiger partial charge in [-0.2, -0.15) is 0 Å². The van der Waals surface area contributed by atoms with Crippen molar-refractivity contribution in [3.05, 3.63) is 35.9 Å². The van der Waals surface area contributed by atoms with Crippen molar-refractivity contribution in [1.29, 1.82) is 0 Å². The monoisotopic (exact) mass is 323 g/mol. The number of halogens is 1. The maximum absolute atomic E-state index is 12.3. The van der Waals surface area contributed by atoms with Crippen molar-refractivity contribution in [2.75, 3.05) is 26.2 Å². The van der Waals surface area contributed by atoms with Crippen LogP contribution in [0, 0.1) is 0 Å². The van der Waals surface area contributed by atoms with Gasteiger partial charge in [0.05, 0.1) is 6.54 Å². The number of hydrogen-bond acceptors (Lipinski definition) is 3. The third-order valence-electron chi connectivity index (χ3n) is 4.44. The van der Waals surface area contributed by atoms with Gasteiger partial charge in [0, 0.05) is 38.0 Å². The van der Waals surface area contributed by atoms with E-state index in [1.165, 1.54) is 5.56 Å². The molecule has 2 N–H and O–H groups in total. The van der Waals surface area contributed by atoms with E-state index < -0.39 is 0 Å². The van der Waals surface area contributed by atoms with Crippen LogP contribution in [-0.2, 0) is 9.59 Å². The second-order valence-electron chi connectivity index (χ2n) is 5.90. The zero-order valence-corrected chi connectivity index (χ0v) is 13.3. The molecule has 0 bridgehead atoms. The molecule has 5 nitrogen and oxygen atoms in total. The van der Waals surface area contributed by atoms with Gasteiger partial charge >= 0.3 is 0 Å². The van der Waals surface area contributed by atoms with Crippen molar-refractivity contribution in [3.63, 3.8) is 0 Å². The molecule has 2 atom stereocenters. The van der Waals surface area contributed by atoms with E-state index in [4.69, 9.17) is 5.73 Å². The quantitative estimate of drug-likeness (QED) is 0.902. The first-order chi connectivity index (χ1) is 10.1. The molecule has 0 aliphatic carbocycles. The lowest BCUT2D eigenvalue weighted by Gasteiger charge is -2.21. The van der Waals surface area contributed by atoms with Gasteiger partial charge in [-0.3, -0.25) is 9.59 Å². The van der Waals surface area contributed by atoms with E-state index in [1.807, 2.05) is 18.2 Å². The summed E-state index contributed by atoms with van der Waals surface area (Å²) in [6.07, 6.45) is 1.43. The lowest BCUT2D eigenvalue weighted by molar-refractivity contribution is -0.137. The molecule has 1 aromatic carbocycles. The van der Waals surface area contributed by atoms with E-state index in [0.717, 1.165) is 6.42 Å². The highest BCUT2D eigenvalue weighted by Gasteiger charge is 2.35. The van der Waals surface area contributed by atoms with Crippen molar-refractivity contribution in [2.45, 2.75) is 24.8 Å². The Hall–Kier alpha value is -1.59. The van der Waals surface area contributed by atoms with Gasteiger partial charge in [-0.1, -0.05) is 30.3 Å². The molecule has 2 amide bonds. The highest BCUT2D eigenvalue weighted by Crippen LogP contribution is 2.26. The first kappa shape index (κ1) is 16.8. The molecule has 2 aliphatic rings. The summed E-state index contributed by atoms with van der Waals surface area (Å²) in [7, 11) is 0. The van der Waals surface area contributed by atoms with Crippen LogP contribution in [-0.4, -0.2) is 53.8 Å². The van der Waals surface area contributed by atoms with Crippen LogP contribution in [0.15, 0.2) is 30.3 Å². The van der Waals surface area contributed by atoms with Crippen LogP contribution in [0.3, 0.4) is 0 Å². The van der Waals surface area contributed by atoms with Crippen LogP contribution < -0.4 is 5.73 Å². The zero-order valence-electron chi connectivity index (χ0n) is 12.5. The summed E-state index contributed by atoms with van der Waals surface area (Å²) in [6, 6.07) is 10.0. The number of likely N-dealkylation sites (tertiary alicyclic amines) is 2. The van der Waals surface area contributed by atoms with Gasteiger partial charge in [0.1, 0.15) is 0 Å². The average molecular weight is 324 g/mol. The topological polar surface area (TPSA) is 66.6 Å². The van der Waals surface area contributed by atoms with Gasteiger partial charge in [0.15, 0.2) is 0 Å². The largest absolute Gasteiger partial charge is 0.339 e. The maximum atomic E-state index is 12.3. The highest BCUT2D eigenvalue weighted by molar-refractivity contribution is 5.86. The summed E-state index contributed by atoms with van der Waals surface area (Å²) in [5, 5.41) is 0. The maximum Gasteiger partial charge on any atom is 0.242 e. The second kappa shape index (κ2) is 7.11. The molecule has 0 aromatic heterocycles. The molecule has 6 heteroatoms. The van der Waals surface area contributed by atoms with Crippen LogP contribution in [0.2, 0.25) is 0 Å². The number of carbonyl (C=O) groups is 2. The Balaban J connectivity index is 0.00000176. The number of carbonyl (C=O) groups excluding carboxylic acids is 2.